The van der Waals surface area contributed by atoms with Gasteiger partial charge in [0.2, 0.25) is 0 Å². The first-order chi connectivity index (χ1) is 11.4. The standard InChI is InChI=1S/C21H30O3/c1-5-9-18(22)20(23)24-19-14-15(2)12-13-17(19)21(3,4)16-10-7-6-8-11-16/h5-8,10-11,15,17-19,22H,1,9,12-14H2,2-4H3/t15-,17-,18+,19+/m0/s1. The van der Waals surface area contributed by atoms with E-state index in [1.165, 1.54) is 5.56 Å². The number of carbonyl (C=O) groups excluding carboxylic acids is 1. The molecule has 1 aromatic rings. The van der Waals surface area contributed by atoms with E-state index in [2.05, 4.69) is 51.6 Å². The lowest BCUT2D eigenvalue weighted by Gasteiger charge is -2.44. The fourth-order valence-corrected chi connectivity index (χ4v) is 3.85. The van der Waals surface area contributed by atoms with Gasteiger partial charge in [-0.1, -0.05) is 63.6 Å². The molecule has 1 fully saturated rings. The van der Waals surface area contributed by atoms with Gasteiger partial charge in [0.05, 0.1) is 0 Å². The molecule has 1 saturated carbocycles. The number of hydrogen-bond acceptors (Lipinski definition) is 3. The van der Waals surface area contributed by atoms with Crippen LogP contribution in [0.3, 0.4) is 0 Å². The Bertz CT molecular complexity index is 549. The minimum absolute atomic E-state index is 0.0876. The Labute approximate surface area is 145 Å². The average molecular weight is 330 g/mol. The maximum atomic E-state index is 12.2. The van der Waals surface area contributed by atoms with Crippen molar-refractivity contribution in [3.8, 4) is 0 Å². The van der Waals surface area contributed by atoms with Gasteiger partial charge < -0.3 is 9.84 Å². The number of benzene rings is 1. The molecule has 1 aliphatic carbocycles. The summed E-state index contributed by atoms with van der Waals surface area (Å²) in [6.07, 6.45) is 3.53. The van der Waals surface area contributed by atoms with Gasteiger partial charge in [-0.2, -0.15) is 0 Å². The molecule has 0 aliphatic heterocycles. The van der Waals surface area contributed by atoms with Crippen molar-refractivity contribution in [2.24, 2.45) is 11.8 Å². The summed E-state index contributed by atoms with van der Waals surface area (Å²) in [6.45, 7) is 10.2. The van der Waals surface area contributed by atoms with Crippen LogP contribution < -0.4 is 0 Å². The zero-order valence-electron chi connectivity index (χ0n) is 15.1. The van der Waals surface area contributed by atoms with E-state index in [1.54, 1.807) is 6.08 Å². The van der Waals surface area contributed by atoms with Crippen LogP contribution in [0.1, 0.15) is 52.0 Å². The van der Waals surface area contributed by atoms with E-state index in [9.17, 15) is 9.90 Å². The first kappa shape index (κ1) is 18.7. The maximum Gasteiger partial charge on any atom is 0.335 e. The van der Waals surface area contributed by atoms with Crippen molar-refractivity contribution in [1.82, 2.24) is 0 Å². The van der Waals surface area contributed by atoms with Crippen LogP contribution in [0.4, 0.5) is 0 Å². The minimum Gasteiger partial charge on any atom is -0.460 e. The van der Waals surface area contributed by atoms with Gasteiger partial charge in [-0.3, -0.25) is 0 Å². The summed E-state index contributed by atoms with van der Waals surface area (Å²) < 4.78 is 5.76. The van der Waals surface area contributed by atoms with Gasteiger partial charge in [-0.25, -0.2) is 4.79 Å². The van der Waals surface area contributed by atoms with E-state index in [1.807, 2.05) is 6.07 Å². The van der Waals surface area contributed by atoms with Crippen LogP contribution in [-0.2, 0) is 14.9 Å². The van der Waals surface area contributed by atoms with Crippen LogP contribution in [0.25, 0.3) is 0 Å². The van der Waals surface area contributed by atoms with E-state index in [0.29, 0.717) is 5.92 Å². The molecular weight excluding hydrogens is 300 g/mol. The second-order valence-electron chi connectivity index (χ2n) is 7.63. The van der Waals surface area contributed by atoms with Gasteiger partial charge in [-0.05, 0) is 29.7 Å². The molecule has 3 nitrogen and oxygen atoms in total. The fourth-order valence-electron chi connectivity index (χ4n) is 3.85. The number of hydrogen-bond donors (Lipinski definition) is 1. The first-order valence-corrected chi connectivity index (χ1v) is 8.91. The molecule has 0 saturated heterocycles. The fraction of sp³-hybridized carbons (Fsp3) is 0.571. The van der Waals surface area contributed by atoms with Gasteiger partial charge in [0, 0.05) is 12.3 Å². The van der Waals surface area contributed by atoms with Gasteiger partial charge in [0.1, 0.15) is 6.10 Å². The van der Waals surface area contributed by atoms with Gasteiger partial charge in [-0.15, -0.1) is 6.58 Å². The van der Waals surface area contributed by atoms with E-state index in [0.717, 1.165) is 19.3 Å². The summed E-state index contributed by atoms with van der Waals surface area (Å²) in [5.74, 6) is 0.251. The summed E-state index contributed by atoms with van der Waals surface area (Å²) in [7, 11) is 0. The van der Waals surface area contributed by atoms with Crippen molar-refractivity contribution >= 4 is 5.97 Å². The lowest BCUT2D eigenvalue weighted by molar-refractivity contribution is -0.166. The van der Waals surface area contributed by atoms with Crippen molar-refractivity contribution < 1.29 is 14.6 Å². The Morgan fingerprint density at radius 2 is 2.04 bits per heavy atom. The molecule has 0 radical (unpaired) electrons. The van der Waals surface area contributed by atoms with Crippen LogP contribution in [0.5, 0.6) is 0 Å². The number of esters is 1. The lowest BCUT2D eigenvalue weighted by atomic mass is 9.64. The third-order valence-corrected chi connectivity index (χ3v) is 5.43. The number of rotatable bonds is 6. The SMILES string of the molecule is C=CC[C@@H](O)C(=O)O[C@@H]1C[C@@H](C)CC[C@@H]1C(C)(C)c1ccccc1. The Morgan fingerprint density at radius 3 is 2.67 bits per heavy atom. The van der Waals surface area contributed by atoms with Gasteiger partial charge in [0.25, 0.3) is 0 Å². The van der Waals surface area contributed by atoms with Gasteiger partial charge in [0.15, 0.2) is 6.10 Å². The van der Waals surface area contributed by atoms with Crippen LogP contribution in [0, 0.1) is 11.8 Å². The van der Waals surface area contributed by atoms with Crippen molar-refractivity contribution in [2.45, 2.75) is 64.1 Å². The highest BCUT2D eigenvalue weighted by atomic mass is 16.6. The van der Waals surface area contributed by atoms with Crippen molar-refractivity contribution in [1.29, 1.82) is 0 Å². The summed E-state index contributed by atoms with van der Waals surface area (Å²) in [6, 6.07) is 10.4. The molecular formula is C21H30O3. The predicted molar refractivity (Wildman–Crippen MR) is 96.7 cm³/mol. The van der Waals surface area contributed by atoms with Crippen molar-refractivity contribution in [2.75, 3.05) is 0 Å². The Morgan fingerprint density at radius 1 is 1.38 bits per heavy atom. The highest BCUT2D eigenvalue weighted by Crippen LogP contribution is 2.43. The van der Waals surface area contributed by atoms with E-state index in [4.69, 9.17) is 4.74 Å². The van der Waals surface area contributed by atoms with Gasteiger partial charge >= 0.3 is 5.97 Å². The highest BCUT2D eigenvalue weighted by molar-refractivity contribution is 5.74. The third-order valence-electron chi connectivity index (χ3n) is 5.43. The molecule has 1 N–H and O–H groups in total. The highest BCUT2D eigenvalue weighted by Gasteiger charge is 2.42. The molecule has 1 aromatic carbocycles. The molecule has 0 unspecified atom stereocenters. The zero-order chi connectivity index (χ0) is 17.7. The summed E-state index contributed by atoms with van der Waals surface area (Å²) in [5.41, 5.74) is 1.17. The molecule has 0 bridgehead atoms. The summed E-state index contributed by atoms with van der Waals surface area (Å²) in [5, 5.41) is 9.87. The quantitative estimate of drug-likeness (QED) is 0.626. The zero-order valence-corrected chi connectivity index (χ0v) is 15.1. The summed E-state index contributed by atoms with van der Waals surface area (Å²) >= 11 is 0. The normalized spacial score (nSPS) is 25.8. The Kier molecular flexibility index (Phi) is 6.22. The first-order valence-electron chi connectivity index (χ1n) is 8.91. The second kappa shape index (κ2) is 7.98. The molecule has 132 valence electrons. The van der Waals surface area contributed by atoms with E-state index in [-0.39, 0.29) is 23.9 Å². The molecule has 3 heteroatoms. The molecule has 0 aromatic heterocycles. The molecule has 4 atom stereocenters. The van der Waals surface area contributed by atoms with Crippen LogP contribution in [-0.4, -0.2) is 23.3 Å². The average Bonchev–Trinajstić information content (AvgIpc) is 2.55. The summed E-state index contributed by atoms with van der Waals surface area (Å²) in [4.78, 5) is 12.2. The second-order valence-corrected chi connectivity index (χ2v) is 7.63. The van der Waals surface area contributed by atoms with E-state index < -0.39 is 12.1 Å². The predicted octanol–water partition coefficient (Wildman–Crippen LogP) is 4.25. The molecule has 0 amide bonds. The molecule has 24 heavy (non-hydrogen) atoms. The Hall–Kier alpha value is -1.61. The van der Waals surface area contributed by atoms with Crippen LogP contribution >= 0.6 is 0 Å². The number of carbonyl (C=O) groups is 1. The minimum atomic E-state index is -1.11. The smallest absolute Gasteiger partial charge is 0.335 e. The molecule has 0 spiro atoms. The number of ether oxygens (including phenoxy) is 1. The topological polar surface area (TPSA) is 46.5 Å². The van der Waals surface area contributed by atoms with Crippen LogP contribution in [0.15, 0.2) is 43.0 Å². The monoisotopic (exact) mass is 330 g/mol. The number of aliphatic hydroxyl groups is 1. The third kappa shape index (κ3) is 4.27. The lowest BCUT2D eigenvalue weighted by Crippen LogP contribution is -2.44. The number of aliphatic hydroxyl groups excluding tert-OH is 1. The Balaban J connectivity index is 2.19. The molecule has 0 heterocycles. The largest absolute Gasteiger partial charge is 0.460 e. The van der Waals surface area contributed by atoms with Crippen molar-refractivity contribution in [3.63, 3.8) is 0 Å². The van der Waals surface area contributed by atoms with E-state index >= 15 is 0 Å². The van der Waals surface area contributed by atoms with Crippen molar-refractivity contribution in [3.05, 3.63) is 48.6 Å². The van der Waals surface area contributed by atoms with Crippen LogP contribution in [0.2, 0.25) is 0 Å². The maximum absolute atomic E-state index is 12.2. The molecule has 2 rings (SSSR count). The molecule has 1 aliphatic rings.